The fourth-order valence-electron chi connectivity index (χ4n) is 1.19. The zero-order valence-corrected chi connectivity index (χ0v) is 7.05. The third-order valence-electron chi connectivity index (χ3n) is 2.17. The van der Waals surface area contributed by atoms with E-state index in [1.165, 1.54) is 6.20 Å². The fraction of sp³-hybridized carbons (Fsp3) is 0.500. The van der Waals surface area contributed by atoms with E-state index in [9.17, 15) is 4.79 Å². The first-order chi connectivity index (χ1) is 6.18. The largest absolute Gasteiger partial charge is 0.480 e. The monoisotopic (exact) mass is 181 g/mol. The molecule has 2 rings (SSSR count). The summed E-state index contributed by atoms with van der Waals surface area (Å²) in [6.07, 6.45) is 5.50. The Morgan fingerprint density at radius 3 is 3.00 bits per heavy atom. The Hall–Kier alpha value is -1.36. The summed E-state index contributed by atoms with van der Waals surface area (Å²) in [7, 11) is 0. The molecule has 13 heavy (non-hydrogen) atoms. The summed E-state index contributed by atoms with van der Waals surface area (Å²) in [6, 6.07) is -0.484. The molecule has 1 saturated carbocycles. The molecule has 0 bridgehead atoms. The Balaban J connectivity index is 2.16. The number of carboxylic acid groups (broad SMARTS) is 1. The average Bonchev–Trinajstić information content (AvgIpc) is 2.83. The second-order valence-corrected chi connectivity index (χ2v) is 3.30. The molecule has 1 aliphatic rings. The van der Waals surface area contributed by atoms with Crippen molar-refractivity contribution in [2.75, 3.05) is 0 Å². The number of rotatable bonds is 3. The zero-order chi connectivity index (χ0) is 9.42. The highest BCUT2D eigenvalue weighted by Gasteiger charge is 2.25. The normalized spacial score (nSPS) is 18.5. The van der Waals surface area contributed by atoms with Crippen LogP contribution < -0.4 is 5.73 Å². The average molecular weight is 181 g/mol. The van der Waals surface area contributed by atoms with Crippen molar-refractivity contribution in [3.8, 4) is 0 Å². The number of aliphatic carboxylic acids is 1. The van der Waals surface area contributed by atoms with Crippen LogP contribution in [0.4, 0.5) is 0 Å². The fourth-order valence-corrected chi connectivity index (χ4v) is 1.19. The summed E-state index contributed by atoms with van der Waals surface area (Å²) in [5, 5.41) is 12.7. The quantitative estimate of drug-likeness (QED) is 0.702. The summed E-state index contributed by atoms with van der Waals surface area (Å²) < 4.78 is 1.79. The number of carbonyl (C=O) groups is 1. The first kappa shape index (κ1) is 8.25. The van der Waals surface area contributed by atoms with Gasteiger partial charge in [0.2, 0.25) is 0 Å². The maximum atomic E-state index is 10.5. The van der Waals surface area contributed by atoms with Gasteiger partial charge in [-0.3, -0.25) is 9.48 Å². The number of hydrogen-bond donors (Lipinski definition) is 2. The molecule has 0 amide bonds. The molecule has 0 radical (unpaired) electrons. The van der Waals surface area contributed by atoms with Gasteiger partial charge in [0, 0.05) is 11.8 Å². The van der Waals surface area contributed by atoms with Crippen molar-refractivity contribution in [1.82, 2.24) is 9.78 Å². The molecule has 0 aromatic carbocycles. The molecule has 1 heterocycles. The van der Waals surface area contributed by atoms with Crippen molar-refractivity contribution in [1.29, 1.82) is 0 Å². The van der Waals surface area contributed by atoms with Gasteiger partial charge in [0.15, 0.2) is 0 Å². The molecule has 0 spiro atoms. The Morgan fingerprint density at radius 2 is 2.46 bits per heavy atom. The molecule has 70 valence electrons. The number of nitrogens with two attached hydrogens (primary N) is 1. The number of carboxylic acids is 1. The second kappa shape index (κ2) is 2.85. The summed E-state index contributed by atoms with van der Waals surface area (Å²) in [5.74, 6) is -1.02. The van der Waals surface area contributed by atoms with Crippen molar-refractivity contribution in [2.45, 2.75) is 24.9 Å². The van der Waals surface area contributed by atoms with E-state index in [1.807, 2.05) is 0 Å². The van der Waals surface area contributed by atoms with Crippen LogP contribution >= 0.6 is 0 Å². The minimum absolute atomic E-state index is 0.467. The van der Waals surface area contributed by atoms with E-state index in [1.54, 1.807) is 10.9 Å². The van der Waals surface area contributed by atoms with Crippen molar-refractivity contribution in [3.05, 3.63) is 18.0 Å². The number of nitrogens with zero attached hydrogens (tertiary/aromatic N) is 2. The molecule has 1 aliphatic carbocycles. The van der Waals surface area contributed by atoms with Gasteiger partial charge in [-0.15, -0.1) is 0 Å². The summed E-state index contributed by atoms with van der Waals surface area (Å²) in [6.45, 7) is 0. The van der Waals surface area contributed by atoms with Crippen molar-refractivity contribution >= 4 is 5.97 Å². The van der Waals surface area contributed by atoms with Gasteiger partial charge in [0.25, 0.3) is 0 Å². The van der Waals surface area contributed by atoms with E-state index >= 15 is 0 Å². The predicted octanol–water partition coefficient (Wildman–Crippen LogP) is 0.302. The van der Waals surface area contributed by atoms with Gasteiger partial charge < -0.3 is 10.8 Å². The molecule has 1 aromatic rings. The van der Waals surface area contributed by atoms with Crippen LogP contribution in [-0.2, 0) is 4.79 Å². The summed E-state index contributed by atoms with van der Waals surface area (Å²) in [4.78, 5) is 10.5. The molecule has 3 N–H and O–H groups in total. The molecule has 1 fully saturated rings. The van der Waals surface area contributed by atoms with Crippen LogP contribution in [-0.4, -0.2) is 20.9 Å². The topological polar surface area (TPSA) is 81.1 Å². The van der Waals surface area contributed by atoms with E-state index in [2.05, 4.69) is 5.10 Å². The van der Waals surface area contributed by atoms with E-state index < -0.39 is 12.0 Å². The summed E-state index contributed by atoms with van der Waals surface area (Å²) >= 11 is 0. The van der Waals surface area contributed by atoms with Gasteiger partial charge in [0.05, 0.1) is 12.2 Å². The molecular weight excluding hydrogens is 170 g/mol. The highest BCUT2D eigenvalue weighted by molar-refractivity contribution is 5.74. The van der Waals surface area contributed by atoms with Gasteiger partial charge in [-0.05, 0) is 12.8 Å². The smallest absolute Gasteiger partial charge is 0.325 e. The van der Waals surface area contributed by atoms with Crippen LogP contribution in [0, 0.1) is 0 Å². The van der Waals surface area contributed by atoms with Crippen molar-refractivity contribution in [2.24, 2.45) is 5.73 Å². The Morgan fingerprint density at radius 1 is 1.77 bits per heavy atom. The number of aromatic nitrogens is 2. The lowest BCUT2D eigenvalue weighted by Gasteiger charge is -2.00. The van der Waals surface area contributed by atoms with Gasteiger partial charge in [0.1, 0.15) is 6.04 Å². The van der Waals surface area contributed by atoms with Crippen LogP contribution in [0.2, 0.25) is 0 Å². The highest BCUT2D eigenvalue weighted by Crippen LogP contribution is 2.34. The molecule has 0 aliphatic heterocycles. The maximum Gasteiger partial charge on any atom is 0.325 e. The molecule has 5 heteroatoms. The minimum atomic E-state index is -1.02. The number of hydrogen-bond acceptors (Lipinski definition) is 3. The van der Waals surface area contributed by atoms with E-state index in [0.29, 0.717) is 11.6 Å². The van der Waals surface area contributed by atoms with Crippen LogP contribution in [0.1, 0.15) is 30.5 Å². The van der Waals surface area contributed by atoms with Crippen LogP contribution in [0.5, 0.6) is 0 Å². The SMILES string of the molecule is NC(C(=O)O)c1cnn(C2CC2)c1. The third-order valence-corrected chi connectivity index (χ3v) is 2.17. The van der Waals surface area contributed by atoms with Gasteiger partial charge in [-0.25, -0.2) is 0 Å². The highest BCUT2D eigenvalue weighted by atomic mass is 16.4. The summed E-state index contributed by atoms with van der Waals surface area (Å²) in [5.41, 5.74) is 5.99. The van der Waals surface area contributed by atoms with Crippen molar-refractivity contribution in [3.63, 3.8) is 0 Å². The van der Waals surface area contributed by atoms with Gasteiger partial charge >= 0.3 is 5.97 Å². The zero-order valence-electron chi connectivity index (χ0n) is 7.05. The van der Waals surface area contributed by atoms with Crippen LogP contribution in [0.3, 0.4) is 0 Å². The second-order valence-electron chi connectivity index (χ2n) is 3.30. The Bertz CT molecular complexity index is 330. The van der Waals surface area contributed by atoms with E-state index in [4.69, 9.17) is 10.8 Å². The minimum Gasteiger partial charge on any atom is -0.480 e. The van der Waals surface area contributed by atoms with Crippen LogP contribution in [0.25, 0.3) is 0 Å². The first-order valence-corrected chi connectivity index (χ1v) is 4.21. The molecule has 5 nitrogen and oxygen atoms in total. The lowest BCUT2D eigenvalue weighted by molar-refractivity contribution is -0.138. The predicted molar refractivity (Wildman–Crippen MR) is 45.1 cm³/mol. The lowest BCUT2D eigenvalue weighted by atomic mass is 10.2. The molecular formula is C8H11N3O2. The molecule has 1 unspecified atom stereocenters. The molecule has 0 saturated heterocycles. The van der Waals surface area contributed by atoms with E-state index in [0.717, 1.165) is 12.8 Å². The van der Waals surface area contributed by atoms with Gasteiger partial charge in [-0.1, -0.05) is 0 Å². The molecule has 1 atom stereocenters. The Kier molecular flexibility index (Phi) is 1.81. The standard InChI is InChI=1S/C8H11N3O2/c9-7(8(12)13)5-3-10-11(4-5)6-1-2-6/h3-4,6-7H,1-2,9H2,(H,12,13). The Labute approximate surface area is 75.2 Å². The third kappa shape index (κ3) is 1.55. The van der Waals surface area contributed by atoms with Crippen molar-refractivity contribution < 1.29 is 9.90 Å². The van der Waals surface area contributed by atoms with Crippen LogP contribution in [0.15, 0.2) is 12.4 Å². The van der Waals surface area contributed by atoms with E-state index in [-0.39, 0.29) is 0 Å². The first-order valence-electron chi connectivity index (χ1n) is 4.21. The molecule has 1 aromatic heterocycles. The lowest BCUT2D eigenvalue weighted by Crippen LogP contribution is -2.19. The van der Waals surface area contributed by atoms with Gasteiger partial charge in [-0.2, -0.15) is 5.10 Å². The maximum absolute atomic E-state index is 10.5.